The SMILES string of the molecule is Cn1cc(CC(=O)C(C(F)(F)F)C(F)(F)F)cn1. The average Bonchev–Trinajstić information content (AvgIpc) is 2.44. The molecule has 0 aliphatic carbocycles. The van der Waals surface area contributed by atoms with Crippen LogP contribution in [0.5, 0.6) is 0 Å². The second kappa shape index (κ2) is 4.62. The molecule has 0 aromatic carbocycles. The highest BCUT2D eigenvalue weighted by Gasteiger charge is 2.60. The number of halogens is 6. The fraction of sp³-hybridized carbons (Fsp3) is 0.556. The minimum absolute atomic E-state index is 0.000926. The summed E-state index contributed by atoms with van der Waals surface area (Å²) in [5.41, 5.74) is 0.000926. The summed E-state index contributed by atoms with van der Waals surface area (Å²) < 4.78 is 74.5. The van der Waals surface area contributed by atoms with E-state index in [1.165, 1.54) is 17.9 Å². The van der Waals surface area contributed by atoms with E-state index in [0.29, 0.717) is 0 Å². The van der Waals surface area contributed by atoms with Gasteiger partial charge in [-0.25, -0.2) is 0 Å². The zero-order valence-corrected chi connectivity index (χ0v) is 9.01. The monoisotopic (exact) mass is 274 g/mol. The summed E-state index contributed by atoms with van der Waals surface area (Å²) in [5, 5.41) is 3.56. The highest BCUT2D eigenvalue weighted by molar-refractivity contribution is 5.84. The molecule has 0 N–H and O–H groups in total. The largest absolute Gasteiger partial charge is 0.407 e. The lowest BCUT2D eigenvalue weighted by Crippen LogP contribution is -2.43. The molecule has 0 atom stereocenters. The molecule has 1 heterocycles. The number of aryl methyl sites for hydroxylation is 1. The Labute approximate surface area is 97.4 Å². The van der Waals surface area contributed by atoms with Crippen LogP contribution in [0.3, 0.4) is 0 Å². The van der Waals surface area contributed by atoms with E-state index < -0.39 is 30.5 Å². The van der Waals surface area contributed by atoms with Gasteiger partial charge in [0.15, 0.2) is 5.78 Å². The summed E-state index contributed by atoms with van der Waals surface area (Å²) in [7, 11) is 1.43. The zero-order chi connectivity index (χ0) is 14.1. The molecule has 9 heteroatoms. The van der Waals surface area contributed by atoms with Crippen molar-refractivity contribution >= 4 is 5.78 Å². The molecule has 0 fully saturated rings. The van der Waals surface area contributed by atoms with Crippen LogP contribution in [-0.2, 0) is 18.3 Å². The molecule has 0 radical (unpaired) electrons. The predicted molar refractivity (Wildman–Crippen MR) is 47.5 cm³/mol. The van der Waals surface area contributed by atoms with E-state index in [2.05, 4.69) is 5.10 Å². The maximum atomic E-state index is 12.2. The van der Waals surface area contributed by atoms with Crippen molar-refractivity contribution in [3.63, 3.8) is 0 Å². The molecule has 18 heavy (non-hydrogen) atoms. The normalized spacial score (nSPS) is 13.1. The van der Waals surface area contributed by atoms with E-state index in [9.17, 15) is 31.1 Å². The Morgan fingerprint density at radius 1 is 1.28 bits per heavy atom. The summed E-state index contributed by atoms with van der Waals surface area (Å²) in [6.07, 6.45) is -10.0. The molecule has 1 rings (SSSR count). The first kappa shape index (κ1) is 14.5. The average molecular weight is 274 g/mol. The van der Waals surface area contributed by atoms with Crippen molar-refractivity contribution in [1.82, 2.24) is 9.78 Å². The fourth-order valence-corrected chi connectivity index (χ4v) is 1.42. The topological polar surface area (TPSA) is 34.9 Å². The lowest BCUT2D eigenvalue weighted by molar-refractivity contribution is -0.273. The van der Waals surface area contributed by atoms with Crippen molar-refractivity contribution < 1.29 is 31.1 Å². The van der Waals surface area contributed by atoms with Gasteiger partial charge in [-0.3, -0.25) is 9.48 Å². The predicted octanol–water partition coefficient (Wildman–Crippen LogP) is 2.27. The third-order valence-corrected chi connectivity index (χ3v) is 2.11. The van der Waals surface area contributed by atoms with Crippen LogP contribution in [0.4, 0.5) is 26.3 Å². The third kappa shape index (κ3) is 3.47. The molecule has 0 saturated heterocycles. The Kier molecular flexibility index (Phi) is 3.72. The number of Topliss-reactive ketones (excluding diaryl/α,β-unsaturated/α-hetero) is 1. The van der Waals surface area contributed by atoms with E-state index in [1.54, 1.807) is 0 Å². The van der Waals surface area contributed by atoms with E-state index >= 15 is 0 Å². The van der Waals surface area contributed by atoms with Crippen molar-refractivity contribution in [2.24, 2.45) is 13.0 Å². The second-order valence-electron chi connectivity index (χ2n) is 3.68. The Balaban J connectivity index is 2.91. The van der Waals surface area contributed by atoms with Gasteiger partial charge in [0, 0.05) is 19.7 Å². The molecule has 0 aliphatic heterocycles. The summed E-state index contributed by atoms with van der Waals surface area (Å²) in [6.45, 7) is 0. The first-order valence-corrected chi connectivity index (χ1v) is 4.65. The van der Waals surface area contributed by atoms with Crippen LogP contribution in [0, 0.1) is 5.92 Å². The summed E-state index contributed by atoms with van der Waals surface area (Å²) in [6, 6.07) is 0. The van der Waals surface area contributed by atoms with Crippen LogP contribution in [0.15, 0.2) is 12.4 Å². The van der Waals surface area contributed by atoms with Crippen molar-refractivity contribution in [3.05, 3.63) is 18.0 Å². The van der Waals surface area contributed by atoms with Crippen LogP contribution in [0.25, 0.3) is 0 Å². The minimum atomic E-state index is -5.64. The van der Waals surface area contributed by atoms with Gasteiger partial charge in [0.2, 0.25) is 5.92 Å². The van der Waals surface area contributed by atoms with Gasteiger partial charge >= 0.3 is 12.4 Å². The van der Waals surface area contributed by atoms with Gasteiger partial charge in [0.1, 0.15) is 0 Å². The molecule has 102 valence electrons. The number of aromatic nitrogens is 2. The Hall–Kier alpha value is -1.54. The van der Waals surface area contributed by atoms with E-state index in [-0.39, 0.29) is 5.56 Å². The molecule has 0 spiro atoms. The highest BCUT2D eigenvalue weighted by atomic mass is 19.4. The molecule has 0 amide bonds. The molecule has 0 unspecified atom stereocenters. The molecule has 0 bridgehead atoms. The van der Waals surface area contributed by atoms with Gasteiger partial charge in [-0.15, -0.1) is 0 Å². The molecule has 0 aliphatic rings. The summed E-state index contributed by atoms with van der Waals surface area (Å²) in [4.78, 5) is 11.1. The van der Waals surface area contributed by atoms with Crippen LogP contribution in [0.1, 0.15) is 5.56 Å². The quantitative estimate of drug-likeness (QED) is 0.792. The number of carbonyl (C=O) groups is 1. The van der Waals surface area contributed by atoms with Crippen LogP contribution < -0.4 is 0 Å². The van der Waals surface area contributed by atoms with Crippen molar-refractivity contribution in [3.8, 4) is 0 Å². The number of alkyl halides is 6. The Morgan fingerprint density at radius 3 is 2.11 bits per heavy atom. The van der Waals surface area contributed by atoms with E-state index in [4.69, 9.17) is 0 Å². The second-order valence-corrected chi connectivity index (χ2v) is 3.68. The maximum absolute atomic E-state index is 12.2. The van der Waals surface area contributed by atoms with Crippen molar-refractivity contribution in [1.29, 1.82) is 0 Å². The number of carbonyl (C=O) groups excluding carboxylic acids is 1. The molecule has 1 aromatic heterocycles. The number of hydrogen-bond acceptors (Lipinski definition) is 2. The van der Waals surface area contributed by atoms with Crippen LogP contribution >= 0.6 is 0 Å². The van der Waals surface area contributed by atoms with Gasteiger partial charge in [-0.2, -0.15) is 31.4 Å². The minimum Gasteiger partial charge on any atom is -0.298 e. The highest BCUT2D eigenvalue weighted by Crippen LogP contribution is 2.40. The van der Waals surface area contributed by atoms with E-state index in [1.807, 2.05) is 0 Å². The first-order chi connectivity index (χ1) is 8.01. The zero-order valence-electron chi connectivity index (χ0n) is 9.01. The first-order valence-electron chi connectivity index (χ1n) is 4.65. The van der Waals surface area contributed by atoms with Gasteiger partial charge in [-0.1, -0.05) is 0 Å². The molecular formula is C9H8F6N2O. The molecule has 0 saturated carbocycles. The molecule has 1 aromatic rings. The maximum Gasteiger partial charge on any atom is 0.407 e. The Morgan fingerprint density at radius 2 is 1.78 bits per heavy atom. The molecular weight excluding hydrogens is 266 g/mol. The van der Waals surface area contributed by atoms with Crippen LogP contribution in [0.2, 0.25) is 0 Å². The summed E-state index contributed by atoms with van der Waals surface area (Å²) >= 11 is 0. The summed E-state index contributed by atoms with van der Waals surface area (Å²) in [5.74, 6) is -5.90. The van der Waals surface area contributed by atoms with Crippen LogP contribution in [-0.4, -0.2) is 27.9 Å². The van der Waals surface area contributed by atoms with Gasteiger partial charge in [0.05, 0.1) is 6.20 Å². The smallest absolute Gasteiger partial charge is 0.298 e. The number of hydrogen-bond donors (Lipinski definition) is 0. The van der Waals surface area contributed by atoms with Crippen molar-refractivity contribution in [2.45, 2.75) is 18.8 Å². The third-order valence-electron chi connectivity index (χ3n) is 2.11. The van der Waals surface area contributed by atoms with Gasteiger partial charge in [0.25, 0.3) is 0 Å². The lowest BCUT2D eigenvalue weighted by Gasteiger charge is -2.21. The number of ketones is 1. The fourth-order valence-electron chi connectivity index (χ4n) is 1.42. The standard InChI is InChI=1S/C9H8F6N2O/c1-17-4-5(3-16-17)2-6(18)7(8(10,11)12)9(13,14)15/h3-4,7H,2H2,1H3. The molecule has 3 nitrogen and oxygen atoms in total. The lowest BCUT2D eigenvalue weighted by atomic mass is 9.98. The number of rotatable bonds is 3. The van der Waals surface area contributed by atoms with Gasteiger partial charge < -0.3 is 0 Å². The van der Waals surface area contributed by atoms with E-state index in [0.717, 1.165) is 6.20 Å². The Bertz CT molecular complexity index is 419. The van der Waals surface area contributed by atoms with Crippen molar-refractivity contribution in [2.75, 3.05) is 0 Å². The number of nitrogens with zero attached hydrogens (tertiary/aromatic N) is 2. The van der Waals surface area contributed by atoms with Gasteiger partial charge in [-0.05, 0) is 5.56 Å².